The fourth-order valence-electron chi connectivity index (χ4n) is 3.06. The SMILES string of the molecule is Cc1nc(Br)ccc1NC(=O)CC1(CC(=O)O)CCCC1. The molecule has 0 spiro atoms. The monoisotopic (exact) mass is 354 g/mol. The molecule has 1 aliphatic carbocycles. The number of pyridine rings is 1. The lowest BCUT2D eigenvalue weighted by atomic mass is 9.79. The number of carbonyl (C=O) groups is 2. The summed E-state index contributed by atoms with van der Waals surface area (Å²) in [5.74, 6) is -0.962. The number of halogens is 1. The van der Waals surface area contributed by atoms with Gasteiger partial charge < -0.3 is 10.4 Å². The van der Waals surface area contributed by atoms with E-state index in [1.807, 2.05) is 6.92 Å². The number of hydrogen-bond acceptors (Lipinski definition) is 3. The summed E-state index contributed by atoms with van der Waals surface area (Å²) < 4.78 is 0.719. The van der Waals surface area contributed by atoms with Gasteiger partial charge in [-0.1, -0.05) is 12.8 Å². The van der Waals surface area contributed by atoms with Crippen LogP contribution in [0.25, 0.3) is 0 Å². The van der Waals surface area contributed by atoms with E-state index in [0.717, 1.165) is 36.0 Å². The van der Waals surface area contributed by atoms with Crippen LogP contribution in [-0.4, -0.2) is 22.0 Å². The lowest BCUT2D eigenvalue weighted by molar-refractivity contribution is -0.140. The van der Waals surface area contributed by atoms with Crippen molar-refractivity contribution in [3.63, 3.8) is 0 Å². The molecule has 21 heavy (non-hydrogen) atoms. The van der Waals surface area contributed by atoms with Crippen LogP contribution in [-0.2, 0) is 9.59 Å². The van der Waals surface area contributed by atoms with Crippen LogP contribution in [0.5, 0.6) is 0 Å². The van der Waals surface area contributed by atoms with Crippen molar-refractivity contribution in [2.75, 3.05) is 5.32 Å². The number of anilines is 1. The van der Waals surface area contributed by atoms with Crippen molar-refractivity contribution in [3.8, 4) is 0 Å². The largest absolute Gasteiger partial charge is 0.481 e. The molecular formula is C15H19BrN2O3. The predicted octanol–water partition coefficient (Wildman–Crippen LogP) is 3.52. The van der Waals surface area contributed by atoms with E-state index in [4.69, 9.17) is 5.11 Å². The Morgan fingerprint density at radius 2 is 2.00 bits per heavy atom. The molecule has 6 heteroatoms. The number of aromatic nitrogens is 1. The molecule has 1 aromatic rings. The molecule has 1 heterocycles. The topological polar surface area (TPSA) is 79.3 Å². The summed E-state index contributed by atoms with van der Waals surface area (Å²) in [7, 11) is 0. The Bertz CT molecular complexity index is 554. The fourth-order valence-corrected chi connectivity index (χ4v) is 3.46. The smallest absolute Gasteiger partial charge is 0.303 e. The highest BCUT2D eigenvalue weighted by atomic mass is 79.9. The van der Waals surface area contributed by atoms with Crippen LogP contribution in [0.15, 0.2) is 16.7 Å². The number of nitrogens with zero attached hydrogens (tertiary/aromatic N) is 1. The van der Waals surface area contributed by atoms with Gasteiger partial charge in [-0.25, -0.2) is 4.98 Å². The van der Waals surface area contributed by atoms with Crippen molar-refractivity contribution in [2.24, 2.45) is 5.41 Å². The van der Waals surface area contributed by atoms with Crippen molar-refractivity contribution >= 4 is 33.5 Å². The van der Waals surface area contributed by atoms with Gasteiger partial charge in [-0.3, -0.25) is 9.59 Å². The Morgan fingerprint density at radius 1 is 1.33 bits per heavy atom. The highest BCUT2D eigenvalue weighted by Gasteiger charge is 2.38. The van der Waals surface area contributed by atoms with Gasteiger partial charge in [0, 0.05) is 6.42 Å². The molecule has 1 aromatic heterocycles. The summed E-state index contributed by atoms with van der Waals surface area (Å²) in [6.07, 6.45) is 3.94. The van der Waals surface area contributed by atoms with E-state index in [2.05, 4.69) is 26.2 Å². The van der Waals surface area contributed by atoms with Gasteiger partial charge in [0.25, 0.3) is 0 Å². The van der Waals surface area contributed by atoms with Crippen LogP contribution in [0.2, 0.25) is 0 Å². The molecule has 114 valence electrons. The second kappa shape index (κ2) is 6.56. The third-order valence-corrected chi connectivity index (χ3v) is 4.49. The molecule has 0 saturated heterocycles. The van der Waals surface area contributed by atoms with E-state index in [9.17, 15) is 9.59 Å². The highest BCUT2D eigenvalue weighted by molar-refractivity contribution is 9.10. The van der Waals surface area contributed by atoms with Crippen molar-refractivity contribution in [1.82, 2.24) is 4.98 Å². The number of nitrogens with one attached hydrogen (secondary N) is 1. The third-order valence-electron chi connectivity index (χ3n) is 4.05. The Kier molecular flexibility index (Phi) is 4.98. The fraction of sp³-hybridized carbons (Fsp3) is 0.533. The number of aliphatic carboxylic acids is 1. The number of amides is 1. The molecule has 0 unspecified atom stereocenters. The summed E-state index contributed by atoms with van der Waals surface area (Å²) in [6, 6.07) is 3.56. The van der Waals surface area contributed by atoms with Crippen LogP contribution in [0.3, 0.4) is 0 Å². The van der Waals surface area contributed by atoms with E-state index >= 15 is 0 Å². The first-order valence-electron chi connectivity index (χ1n) is 7.05. The zero-order valence-electron chi connectivity index (χ0n) is 12.0. The molecule has 0 bridgehead atoms. The van der Waals surface area contributed by atoms with Gasteiger partial charge >= 0.3 is 5.97 Å². The second-order valence-electron chi connectivity index (χ2n) is 5.77. The molecule has 1 saturated carbocycles. The zero-order chi connectivity index (χ0) is 15.5. The van der Waals surface area contributed by atoms with Gasteiger partial charge in [0.1, 0.15) is 4.60 Å². The van der Waals surface area contributed by atoms with Crippen LogP contribution in [0.1, 0.15) is 44.2 Å². The van der Waals surface area contributed by atoms with Gasteiger partial charge in [0.15, 0.2) is 0 Å². The minimum atomic E-state index is -0.828. The van der Waals surface area contributed by atoms with Crippen molar-refractivity contribution in [3.05, 3.63) is 22.4 Å². The first kappa shape index (κ1) is 15.9. The molecule has 1 amide bonds. The molecule has 2 N–H and O–H groups in total. The predicted molar refractivity (Wildman–Crippen MR) is 83.1 cm³/mol. The van der Waals surface area contributed by atoms with E-state index < -0.39 is 5.97 Å². The molecule has 1 aliphatic rings. The average Bonchev–Trinajstić information content (AvgIpc) is 2.80. The molecular weight excluding hydrogens is 336 g/mol. The van der Waals surface area contributed by atoms with Gasteiger partial charge in [-0.2, -0.15) is 0 Å². The summed E-state index contributed by atoms with van der Waals surface area (Å²) in [5.41, 5.74) is 1.02. The second-order valence-corrected chi connectivity index (χ2v) is 6.58. The van der Waals surface area contributed by atoms with Crippen molar-refractivity contribution < 1.29 is 14.7 Å². The molecule has 1 fully saturated rings. The van der Waals surface area contributed by atoms with E-state index in [-0.39, 0.29) is 24.2 Å². The standard InChI is InChI=1S/C15H19BrN2O3/c1-10-11(4-5-12(16)17-10)18-13(19)8-15(9-14(20)21)6-2-3-7-15/h4-5H,2-3,6-9H2,1H3,(H,18,19)(H,20,21). The zero-order valence-corrected chi connectivity index (χ0v) is 13.6. The summed E-state index contributed by atoms with van der Waals surface area (Å²) >= 11 is 3.28. The Labute approximate surface area is 132 Å². The first-order chi connectivity index (χ1) is 9.90. The van der Waals surface area contributed by atoms with E-state index in [1.54, 1.807) is 12.1 Å². The minimum absolute atomic E-state index is 0.0675. The Morgan fingerprint density at radius 3 is 2.57 bits per heavy atom. The third kappa shape index (κ3) is 4.27. The number of rotatable bonds is 5. The lowest BCUT2D eigenvalue weighted by Crippen LogP contribution is -2.28. The van der Waals surface area contributed by atoms with Gasteiger partial charge in [-0.05, 0) is 53.2 Å². The van der Waals surface area contributed by atoms with Crippen LogP contribution >= 0.6 is 15.9 Å². The number of hydrogen-bond donors (Lipinski definition) is 2. The van der Waals surface area contributed by atoms with Crippen LogP contribution in [0.4, 0.5) is 5.69 Å². The molecule has 2 rings (SSSR count). The van der Waals surface area contributed by atoms with Crippen LogP contribution < -0.4 is 5.32 Å². The number of carbonyl (C=O) groups excluding carboxylic acids is 1. The molecule has 5 nitrogen and oxygen atoms in total. The molecule has 0 radical (unpaired) electrons. The Balaban J connectivity index is 2.04. The normalized spacial score (nSPS) is 16.7. The highest BCUT2D eigenvalue weighted by Crippen LogP contribution is 2.44. The lowest BCUT2D eigenvalue weighted by Gasteiger charge is -2.26. The minimum Gasteiger partial charge on any atom is -0.481 e. The van der Waals surface area contributed by atoms with E-state index in [0.29, 0.717) is 5.69 Å². The summed E-state index contributed by atoms with van der Waals surface area (Å²) in [5, 5.41) is 11.9. The Hall–Kier alpha value is -1.43. The molecule has 0 aliphatic heterocycles. The van der Waals surface area contributed by atoms with Gasteiger partial charge in [0.2, 0.25) is 5.91 Å². The van der Waals surface area contributed by atoms with Gasteiger partial charge in [-0.15, -0.1) is 0 Å². The maximum absolute atomic E-state index is 12.2. The van der Waals surface area contributed by atoms with Crippen molar-refractivity contribution in [2.45, 2.75) is 45.4 Å². The molecule has 0 atom stereocenters. The number of carboxylic acids is 1. The number of aryl methyl sites for hydroxylation is 1. The summed E-state index contributed by atoms with van der Waals surface area (Å²) in [4.78, 5) is 27.5. The van der Waals surface area contributed by atoms with Crippen LogP contribution in [0, 0.1) is 12.3 Å². The maximum atomic E-state index is 12.2. The maximum Gasteiger partial charge on any atom is 0.303 e. The average molecular weight is 355 g/mol. The van der Waals surface area contributed by atoms with E-state index in [1.165, 1.54) is 0 Å². The first-order valence-corrected chi connectivity index (χ1v) is 7.84. The van der Waals surface area contributed by atoms with Gasteiger partial charge in [0.05, 0.1) is 17.8 Å². The summed E-state index contributed by atoms with van der Waals surface area (Å²) in [6.45, 7) is 1.82. The molecule has 0 aromatic carbocycles. The number of carboxylic acid groups (broad SMARTS) is 1. The quantitative estimate of drug-likeness (QED) is 0.792. The van der Waals surface area contributed by atoms with Crippen molar-refractivity contribution in [1.29, 1.82) is 0 Å².